The van der Waals surface area contributed by atoms with Crippen LogP contribution in [0.2, 0.25) is 0 Å². The van der Waals surface area contributed by atoms with Crippen LogP contribution in [0.5, 0.6) is 0 Å². The Labute approximate surface area is 104 Å². The van der Waals surface area contributed by atoms with Crippen molar-refractivity contribution in [3.63, 3.8) is 0 Å². The van der Waals surface area contributed by atoms with Gasteiger partial charge in [0.25, 0.3) is 0 Å². The van der Waals surface area contributed by atoms with E-state index in [1.807, 2.05) is 13.8 Å². The van der Waals surface area contributed by atoms with E-state index >= 15 is 0 Å². The highest BCUT2D eigenvalue weighted by Gasteiger charge is 2.16. The summed E-state index contributed by atoms with van der Waals surface area (Å²) < 4.78 is 5.42. The first-order chi connectivity index (χ1) is 8.20. The number of hydrogen-bond donors (Lipinski definition) is 1. The van der Waals surface area contributed by atoms with Gasteiger partial charge in [-0.05, 0) is 49.8 Å². The lowest BCUT2D eigenvalue weighted by molar-refractivity contribution is -0.0208. The van der Waals surface area contributed by atoms with E-state index in [0.717, 1.165) is 0 Å². The Hall–Kier alpha value is -0.860. The van der Waals surface area contributed by atoms with E-state index in [2.05, 4.69) is 18.2 Å². The van der Waals surface area contributed by atoms with E-state index in [9.17, 15) is 5.11 Å². The Morgan fingerprint density at radius 2 is 2.06 bits per heavy atom. The summed E-state index contributed by atoms with van der Waals surface area (Å²) in [4.78, 5) is 0. The molecule has 0 heterocycles. The summed E-state index contributed by atoms with van der Waals surface area (Å²) in [7, 11) is 0. The van der Waals surface area contributed by atoms with Crippen molar-refractivity contribution in [3.05, 3.63) is 34.9 Å². The molecular weight excluding hydrogens is 212 g/mol. The predicted molar refractivity (Wildman–Crippen MR) is 69.3 cm³/mol. The molecule has 0 bridgehead atoms. The van der Waals surface area contributed by atoms with E-state index < -0.39 is 6.10 Å². The third-order valence-electron chi connectivity index (χ3n) is 3.58. The second kappa shape index (κ2) is 5.65. The van der Waals surface area contributed by atoms with Crippen LogP contribution in [0.25, 0.3) is 0 Å². The number of aryl methyl sites for hydroxylation is 2. The van der Waals surface area contributed by atoms with Crippen molar-refractivity contribution in [1.82, 2.24) is 0 Å². The molecule has 2 heteroatoms. The van der Waals surface area contributed by atoms with E-state index in [0.29, 0.717) is 13.0 Å². The molecule has 2 nitrogen and oxygen atoms in total. The molecular formula is C15H22O2. The van der Waals surface area contributed by atoms with Crippen LogP contribution in [0.15, 0.2) is 18.2 Å². The number of fused-ring (bicyclic) bond motifs is 1. The van der Waals surface area contributed by atoms with Gasteiger partial charge in [-0.2, -0.15) is 0 Å². The van der Waals surface area contributed by atoms with Crippen molar-refractivity contribution in [2.24, 2.45) is 0 Å². The van der Waals surface area contributed by atoms with E-state index in [-0.39, 0.29) is 6.10 Å². The van der Waals surface area contributed by atoms with Gasteiger partial charge in [-0.15, -0.1) is 0 Å². The molecule has 1 aliphatic carbocycles. The summed E-state index contributed by atoms with van der Waals surface area (Å²) in [6.45, 7) is 4.54. The van der Waals surface area contributed by atoms with Gasteiger partial charge in [0.2, 0.25) is 0 Å². The van der Waals surface area contributed by atoms with Crippen molar-refractivity contribution < 1.29 is 9.84 Å². The van der Waals surface area contributed by atoms with Gasteiger partial charge in [0.1, 0.15) is 0 Å². The first kappa shape index (κ1) is 12.6. The average molecular weight is 234 g/mol. The Morgan fingerprint density at radius 1 is 1.29 bits per heavy atom. The number of ether oxygens (including phenoxy) is 1. The molecule has 0 aromatic heterocycles. The zero-order chi connectivity index (χ0) is 12.3. The van der Waals surface area contributed by atoms with Gasteiger partial charge in [-0.1, -0.05) is 18.2 Å². The van der Waals surface area contributed by atoms with Crippen LogP contribution >= 0.6 is 0 Å². The minimum atomic E-state index is -0.408. The molecule has 17 heavy (non-hydrogen) atoms. The minimum absolute atomic E-state index is 0.0896. The lowest BCUT2D eigenvalue weighted by Crippen LogP contribution is -2.28. The molecule has 1 aromatic rings. The maximum absolute atomic E-state index is 10.0. The largest absolute Gasteiger partial charge is 0.390 e. The normalized spacial score (nSPS) is 17.8. The number of aliphatic hydroxyl groups is 1. The summed E-state index contributed by atoms with van der Waals surface area (Å²) in [5.74, 6) is 0. The molecule has 2 rings (SSSR count). The fraction of sp³-hybridized carbons (Fsp3) is 0.600. The van der Waals surface area contributed by atoms with Crippen LogP contribution in [-0.4, -0.2) is 23.9 Å². The molecule has 0 spiro atoms. The number of hydrogen-bond acceptors (Lipinski definition) is 2. The summed E-state index contributed by atoms with van der Waals surface area (Å²) in [6.07, 6.45) is 3.88. The second-order valence-electron chi connectivity index (χ2n) is 4.89. The molecule has 0 saturated carbocycles. The van der Waals surface area contributed by atoms with Gasteiger partial charge >= 0.3 is 0 Å². The Morgan fingerprint density at radius 3 is 2.82 bits per heavy atom. The van der Waals surface area contributed by atoms with E-state index in [4.69, 9.17) is 4.74 Å². The molecule has 0 fully saturated rings. The Bertz CT molecular complexity index is 373. The quantitative estimate of drug-likeness (QED) is 0.848. The summed E-state index contributed by atoms with van der Waals surface area (Å²) in [6, 6.07) is 6.62. The Kier molecular flexibility index (Phi) is 4.19. The van der Waals surface area contributed by atoms with E-state index in [1.165, 1.54) is 36.0 Å². The molecule has 2 atom stereocenters. The lowest BCUT2D eigenvalue weighted by atomic mass is 10.0. The summed E-state index contributed by atoms with van der Waals surface area (Å²) in [5, 5.41) is 10.0. The van der Waals surface area contributed by atoms with Gasteiger partial charge in [-0.25, -0.2) is 0 Å². The molecule has 0 aliphatic heterocycles. The van der Waals surface area contributed by atoms with Crippen LogP contribution in [0.4, 0.5) is 0 Å². The number of aliphatic hydroxyl groups excluding tert-OH is 1. The zero-order valence-corrected chi connectivity index (χ0v) is 10.8. The third kappa shape index (κ3) is 3.08. The molecule has 0 radical (unpaired) electrons. The van der Waals surface area contributed by atoms with Gasteiger partial charge in [0.15, 0.2) is 0 Å². The van der Waals surface area contributed by atoms with Gasteiger partial charge < -0.3 is 9.84 Å². The molecule has 1 aliphatic rings. The molecule has 0 amide bonds. The first-order valence-electron chi connectivity index (χ1n) is 6.61. The van der Waals surface area contributed by atoms with Crippen molar-refractivity contribution in [3.8, 4) is 0 Å². The fourth-order valence-electron chi connectivity index (χ4n) is 2.53. The maximum Gasteiger partial charge on any atom is 0.0839 e. The van der Waals surface area contributed by atoms with E-state index in [1.54, 1.807) is 0 Å². The minimum Gasteiger partial charge on any atom is -0.390 e. The van der Waals surface area contributed by atoms with Crippen molar-refractivity contribution in [2.75, 3.05) is 6.61 Å². The Balaban J connectivity index is 1.99. The van der Waals surface area contributed by atoms with Gasteiger partial charge in [-0.3, -0.25) is 0 Å². The lowest BCUT2D eigenvalue weighted by Gasteiger charge is -2.19. The zero-order valence-electron chi connectivity index (χ0n) is 10.8. The van der Waals surface area contributed by atoms with Crippen LogP contribution < -0.4 is 0 Å². The SMILES string of the molecule is CCOC(C)C(O)Cc1ccc2c(c1)CCC2. The fourth-order valence-corrected chi connectivity index (χ4v) is 2.53. The number of rotatable bonds is 5. The molecule has 2 unspecified atom stereocenters. The molecule has 1 N–H and O–H groups in total. The summed E-state index contributed by atoms with van der Waals surface area (Å²) in [5.41, 5.74) is 4.18. The number of benzene rings is 1. The highest BCUT2D eigenvalue weighted by molar-refractivity contribution is 5.35. The van der Waals surface area contributed by atoms with Crippen molar-refractivity contribution in [2.45, 2.75) is 51.7 Å². The highest BCUT2D eigenvalue weighted by Crippen LogP contribution is 2.23. The standard InChI is InChI=1S/C15H22O2/c1-3-17-11(2)15(16)10-12-7-8-13-5-4-6-14(13)9-12/h7-9,11,15-16H,3-6,10H2,1-2H3. The van der Waals surface area contributed by atoms with Crippen molar-refractivity contribution in [1.29, 1.82) is 0 Å². The van der Waals surface area contributed by atoms with Crippen LogP contribution in [0, 0.1) is 0 Å². The first-order valence-corrected chi connectivity index (χ1v) is 6.61. The van der Waals surface area contributed by atoms with Crippen molar-refractivity contribution >= 4 is 0 Å². The average Bonchev–Trinajstić information content (AvgIpc) is 2.76. The van der Waals surface area contributed by atoms with Gasteiger partial charge in [0.05, 0.1) is 12.2 Å². The third-order valence-corrected chi connectivity index (χ3v) is 3.58. The maximum atomic E-state index is 10.0. The predicted octanol–water partition coefficient (Wildman–Crippen LogP) is 2.50. The van der Waals surface area contributed by atoms with Gasteiger partial charge in [0, 0.05) is 13.0 Å². The van der Waals surface area contributed by atoms with Crippen LogP contribution in [-0.2, 0) is 24.0 Å². The smallest absolute Gasteiger partial charge is 0.0839 e. The second-order valence-corrected chi connectivity index (χ2v) is 4.89. The topological polar surface area (TPSA) is 29.5 Å². The summed E-state index contributed by atoms with van der Waals surface area (Å²) >= 11 is 0. The van der Waals surface area contributed by atoms with Crippen LogP contribution in [0.3, 0.4) is 0 Å². The highest BCUT2D eigenvalue weighted by atomic mass is 16.5. The molecule has 94 valence electrons. The molecule has 0 saturated heterocycles. The monoisotopic (exact) mass is 234 g/mol. The van der Waals surface area contributed by atoms with Crippen LogP contribution in [0.1, 0.15) is 37.0 Å². The molecule has 1 aromatic carbocycles.